The van der Waals surface area contributed by atoms with Crippen LogP contribution in [-0.4, -0.2) is 24.4 Å². The molecule has 0 aromatic carbocycles. The third kappa shape index (κ3) is 10.0. The average Bonchev–Trinajstić information content (AvgIpc) is 1.50. The van der Waals surface area contributed by atoms with Gasteiger partial charge in [0, 0.05) is 0 Å². The Balaban J connectivity index is 0. The molecule has 0 heterocycles. The van der Waals surface area contributed by atoms with Crippen LogP contribution in [0, 0.1) is 0 Å². The second-order valence-corrected chi connectivity index (χ2v) is 0. The molecule has 2 nitrogen and oxygen atoms in total. The molecule has 0 bridgehead atoms. The van der Waals surface area contributed by atoms with Crippen LogP contribution in [0.3, 0.4) is 0 Å². The van der Waals surface area contributed by atoms with Crippen molar-refractivity contribution in [3.8, 4) is 0 Å². The third-order valence-corrected chi connectivity index (χ3v) is 0. The van der Waals surface area contributed by atoms with Gasteiger partial charge in [-0.2, -0.15) is 0 Å². The van der Waals surface area contributed by atoms with Crippen molar-refractivity contribution in [3.63, 3.8) is 0 Å². The van der Waals surface area contributed by atoms with E-state index in [4.69, 9.17) is 5.54 Å². The van der Waals surface area contributed by atoms with Crippen LogP contribution in [0.2, 0.25) is 0 Å². The van der Waals surface area contributed by atoms with Crippen molar-refractivity contribution in [1.29, 1.82) is 0 Å². The molecule has 0 saturated heterocycles. The van der Waals surface area contributed by atoms with Crippen LogP contribution in [0.25, 0.3) is 0 Å². The zero-order valence-corrected chi connectivity index (χ0v) is 10.3. The standard InChI is InChI=1S/Cd.In.2O.H. The van der Waals surface area contributed by atoms with Gasteiger partial charge in [-0.05, 0) is 0 Å². The molecule has 0 aromatic rings. The predicted molar refractivity (Wildman–Crippen MR) is 8.52 cm³/mol. The molecule has 0 spiro atoms. The molecule has 0 aliphatic carbocycles. The summed E-state index contributed by atoms with van der Waals surface area (Å²) in [6.07, 6.45) is 0. The van der Waals surface area contributed by atoms with Gasteiger partial charge < -0.3 is 0 Å². The van der Waals surface area contributed by atoms with Gasteiger partial charge in [0.2, 0.25) is 0 Å². The molecule has 18 valence electrons. The Hall–Kier alpha value is 1.39. The van der Waals surface area contributed by atoms with Crippen molar-refractivity contribution < 1.29 is 31.3 Å². The van der Waals surface area contributed by atoms with Crippen molar-refractivity contribution in [2.45, 2.75) is 0 Å². The molecule has 0 rings (SSSR count). The third-order valence-electron chi connectivity index (χ3n) is 0. The molecule has 4 heteroatoms. The molecule has 0 N–H and O–H groups in total. The minimum absolute atomic E-state index is 0.1000. The SMILES string of the molecule is [O]=[Cd].[O]=[InH]. The normalized spacial score (nSPS) is 2.25. The molecule has 4 heavy (non-hydrogen) atoms. The molecular weight excluding hydrogens is 259 g/mol. The van der Waals surface area contributed by atoms with Gasteiger partial charge in [-0.15, -0.1) is 0 Å². The Morgan fingerprint density at radius 1 is 1.25 bits per heavy atom. The summed E-state index contributed by atoms with van der Waals surface area (Å²) in [6, 6.07) is 0. The fourth-order valence-electron chi connectivity index (χ4n) is 0. The average molecular weight is 260 g/mol. The van der Waals surface area contributed by atoms with E-state index in [0.29, 0.717) is 0 Å². The Bertz CT molecular complexity index is 8.00. The van der Waals surface area contributed by atoms with Crippen molar-refractivity contribution in [3.05, 3.63) is 0 Å². The van der Waals surface area contributed by atoms with E-state index < -0.39 is 0 Å². The summed E-state index contributed by atoms with van der Waals surface area (Å²) in [6.45, 7) is 0. The van der Waals surface area contributed by atoms with Gasteiger partial charge >= 0.3 is 55.7 Å². The van der Waals surface area contributed by atoms with Crippen molar-refractivity contribution in [2.75, 3.05) is 0 Å². The van der Waals surface area contributed by atoms with Gasteiger partial charge in [-0.3, -0.25) is 0 Å². The summed E-state index contributed by atoms with van der Waals surface area (Å²) in [5.41, 5.74) is 0. The van der Waals surface area contributed by atoms with Crippen LogP contribution >= 0.6 is 0 Å². The van der Waals surface area contributed by atoms with E-state index in [2.05, 4.69) is 0 Å². The monoisotopic (exact) mass is 262 g/mol. The fraction of sp³-hybridized carbons (Fsp3) is 0. The van der Waals surface area contributed by atoms with Crippen LogP contribution in [0.5, 0.6) is 0 Å². The second-order valence-electron chi connectivity index (χ2n) is 0. The molecule has 0 atom stereocenters. The maximum absolute atomic E-state index is 8.42. The molecule has 0 unspecified atom stereocenters. The van der Waals surface area contributed by atoms with Gasteiger partial charge in [0.15, 0.2) is 0 Å². The van der Waals surface area contributed by atoms with Gasteiger partial charge in [-0.25, -0.2) is 0 Å². The van der Waals surface area contributed by atoms with Gasteiger partial charge in [0.1, 0.15) is 0 Å². The summed E-state index contributed by atoms with van der Waals surface area (Å²) < 4.78 is 16.8. The first-order valence-corrected chi connectivity index (χ1v) is 3.87. The summed E-state index contributed by atoms with van der Waals surface area (Å²) in [5, 5.41) is 0. The molecule has 0 saturated carbocycles. The number of hydrogen-bond donors (Lipinski definition) is 0. The van der Waals surface area contributed by atoms with Crippen molar-refractivity contribution >= 4 is 24.4 Å². The Morgan fingerprint density at radius 3 is 1.25 bits per heavy atom. The Kier molecular flexibility index (Phi) is 58.9. The van der Waals surface area contributed by atoms with Crippen LogP contribution in [-0.2, 0) is 31.3 Å². The van der Waals surface area contributed by atoms with Crippen LogP contribution in [0.15, 0.2) is 0 Å². The molecule has 0 fully saturated rings. The number of rotatable bonds is 0. The maximum atomic E-state index is 8.42. The predicted octanol–water partition coefficient (Wildman–Crippen LogP) is -0.889. The summed E-state index contributed by atoms with van der Waals surface area (Å²) >= 11 is -0.200. The van der Waals surface area contributed by atoms with Crippen LogP contribution in [0.4, 0.5) is 0 Å². The molecule has 0 aromatic heterocycles. The van der Waals surface area contributed by atoms with Gasteiger partial charge in [-0.1, -0.05) is 0 Å². The first-order valence-electron chi connectivity index (χ1n) is 0.577. The molecular formula is HCdInO2. The van der Waals surface area contributed by atoms with E-state index in [-0.39, 0.29) is 50.2 Å². The van der Waals surface area contributed by atoms with E-state index in [1.165, 1.54) is 0 Å². The van der Waals surface area contributed by atoms with Crippen LogP contribution in [0.1, 0.15) is 0 Å². The van der Waals surface area contributed by atoms with Crippen molar-refractivity contribution in [2.24, 2.45) is 0 Å². The topological polar surface area (TPSA) is 34.1 Å². The van der Waals surface area contributed by atoms with E-state index in [1.807, 2.05) is 0 Å². The molecule has 0 aliphatic rings. The van der Waals surface area contributed by atoms with E-state index in [0.717, 1.165) is 0 Å². The van der Waals surface area contributed by atoms with Crippen LogP contribution < -0.4 is 0 Å². The number of hydrogen-bond acceptors (Lipinski definition) is 2. The van der Waals surface area contributed by atoms with E-state index in [1.54, 1.807) is 0 Å². The van der Waals surface area contributed by atoms with E-state index in [9.17, 15) is 0 Å². The molecule has 0 radical (unpaired) electrons. The quantitative estimate of drug-likeness (QED) is 0.530. The Labute approximate surface area is 55.1 Å². The molecule has 0 amide bonds. The van der Waals surface area contributed by atoms with Crippen molar-refractivity contribution in [1.82, 2.24) is 0 Å². The Morgan fingerprint density at radius 2 is 1.25 bits per heavy atom. The summed E-state index contributed by atoms with van der Waals surface area (Å²) in [5.74, 6) is 0. The van der Waals surface area contributed by atoms with E-state index >= 15 is 0 Å². The first-order chi connectivity index (χ1) is 2.00. The second kappa shape index (κ2) is 26.1. The van der Waals surface area contributed by atoms with Gasteiger partial charge in [0.25, 0.3) is 0 Å². The first kappa shape index (κ1) is 9.04. The summed E-state index contributed by atoms with van der Waals surface area (Å²) in [7, 11) is 0. The summed E-state index contributed by atoms with van der Waals surface area (Å²) in [4.78, 5) is 0. The zero-order chi connectivity index (χ0) is 4.00. The molecule has 0 aliphatic heterocycles. The minimum atomic E-state index is -0.1000. The fourth-order valence-corrected chi connectivity index (χ4v) is 0. The van der Waals surface area contributed by atoms with Gasteiger partial charge in [0.05, 0.1) is 0 Å². The zero-order valence-electron chi connectivity index (χ0n) is 2.23.